The molecule has 0 unspecified atom stereocenters. The van der Waals surface area contributed by atoms with E-state index in [2.05, 4.69) is 5.16 Å². The molecule has 3 nitrogen and oxygen atoms in total. The van der Waals surface area contributed by atoms with Crippen LogP contribution in [0, 0.1) is 0 Å². The molecule has 2 N–H and O–H groups in total. The van der Waals surface area contributed by atoms with E-state index in [9.17, 15) is 0 Å². The Morgan fingerprint density at radius 2 is 2.06 bits per heavy atom. The Morgan fingerprint density at radius 3 is 2.69 bits per heavy atom. The molecular weight excluding hydrogens is 247 g/mol. The van der Waals surface area contributed by atoms with Gasteiger partial charge in [-0.3, -0.25) is 0 Å². The highest BCUT2D eigenvalue weighted by Crippen LogP contribution is 2.32. The molecule has 0 radical (unpaired) electrons. The quantitative estimate of drug-likeness (QED) is 0.890. The van der Waals surface area contributed by atoms with Crippen LogP contribution in [0.15, 0.2) is 22.7 Å². The minimum Gasteiger partial charge on any atom is -0.381 e. The first-order valence-electron chi connectivity index (χ1n) is 4.83. The van der Waals surface area contributed by atoms with Gasteiger partial charge in [-0.2, -0.15) is 0 Å². The summed E-state index contributed by atoms with van der Waals surface area (Å²) in [5.74, 6) is 1.07. The highest BCUT2D eigenvalue weighted by Gasteiger charge is 2.14. The molecule has 0 fully saturated rings. The van der Waals surface area contributed by atoms with E-state index >= 15 is 0 Å². The second-order valence-electron chi connectivity index (χ2n) is 3.36. The molecule has 1 aromatic heterocycles. The zero-order valence-corrected chi connectivity index (χ0v) is 10.1. The fraction of sp³-hybridized carbons (Fsp3) is 0.182. The Morgan fingerprint density at radius 1 is 1.31 bits per heavy atom. The van der Waals surface area contributed by atoms with Gasteiger partial charge < -0.3 is 10.3 Å². The molecule has 5 heteroatoms. The van der Waals surface area contributed by atoms with Crippen LogP contribution in [0.1, 0.15) is 12.5 Å². The summed E-state index contributed by atoms with van der Waals surface area (Å²) in [4.78, 5) is 0. The maximum Gasteiger partial charge on any atom is 0.172 e. The Kier molecular flexibility index (Phi) is 3.08. The number of halogens is 2. The number of aromatic nitrogens is 1. The fourth-order valence-electron chi connectivity index (χ4n) is 1.53. The van der Waals surface area contributed by atoms with Crippen LogP contribution in [0.4, 0.5) is 5.82 Å². The Hall–Kier alpha value is -1.19. The van der Waals surface area contributed by atoms with Crippen LogP contribution in [-0.4, -0.2) is 5.16 Å². The van der Waals surface area contributed by atoms with Crippen molar-refractivity contribution in [2.45, 2.75) is 13.3 Å². The standard InChI is InChI=1S/C11H10Cl2N2O/c1-2-7-10(16-15-11(7)14)6-3-4-8(12)9(13)5-6/h3-5H,2H2,1H3,(H2,14,15). The van der Waals surface area contributed by atoms with Crippen LogP contribution in [0.5, 0.6) is 0 Å². The highest BCUT2D eigenvalue weighted by atomic mass is 35.5. The van der Waals surface area contributed by atoms with Gasteiger partial charge >= 0.3 is 0 Å². The second kappa shape index (κ2) is 4.36. The van der Waals surface area contributed by atoms with Crippen molar-refractivity contribution in [1.29, 1.82) is 0 Å². The van der Waals surface area contributed by atoms with Gasteiger partial charge in [0.25, 0.3) is 0 Å². The van der Waals surface area contributed by atoms with E-state index < -0.39 is 0 Å². The summed E-state index contributed by atoms with van der Waals surface area (Å²) in [6.45, 7) is 1.99. The number of hydrogen-bond acceptors (Lipinski definition) is 3. The molecule has 0 spiro atoms. The summed E-state index contributed by atoms with van der Waals surface area (Å²) >= 11 is 11.8. The molecular formula is C11H10Cl2N2O. The second-order valence-corrected chi connectivity index (χ2v) is 4.17. The van der Waals surface area contributed by atoms with Crippen LogP contribution >= 0.6 is 23.2 Å². The van der Waals surface area contributed by atoms with Crippen molar-refractivity contribution in [3.63, 3.8) is 0 Å². The van der Waals surface area contributed by atoms with Gasteiger partial charge in [0.2, 0.25) is 0 Å². The lowest BCUT2D eigenvalue weighted by Crippen LogP contribution is -1.90. The molecule has 2 rings (SSSR count). The van der Waals surface area contributed by atoms with Gasteiger partial charge in [0.05, 0.1) is 10.0 Å². The van der Waals surface area contributed by atoms with Crippen molar-refractivity contribution in [3.8, 4) is 11.3 Å². The summed E-state index contributed by atoms with van der Waals surface area (Å²) in [5.41, 5.74) is 7.41. The number of nitrogen functional groups attached to an aromatic ring is 1. The first-order chi connectivity index (χ1) is 7.63. The summed E-state index contributed by atoms with van der Waals surface area (Å²) in [5, 5.41) is 4.74. The van der Waals surface area contributed by atoms with Gasteiger partial charge in [0.15, 0.2) is 11.6 Å². The van der Waals surface area contributed by atoms with Gasteiger partial charge in [-0.15, -0.1) is 0 Å². The number of benzene rings is 1. The summed E-state index contributed by atoms with van der Waals surface area (Å²) in [6, 6.07) is 5.29. The number of nitrogens with zero attached hydrogens (tertiary/aromatic N) is 1. The monoisotopic (exact) mass is 256 g/mol. The average Bonchev–Trinajstić information content (AvgIpc) is 2.63. The SMILES string of the molecule is CCc1c(N)noc1-c1ccc(Cl)c(Cl)c1. The third-order valence-corrected chi connectivity index (χ3v) is 3.09. The molecule has 0 amide bonds. The van der Waals surface area contributed by atoms with Crippen molar-refractivity contribution < 1.29 is 4.52 Å². The largest absolute Gasteiger partial charge is 0.381 e. The van der Waals surface area contributed by atoms with E-state index in [1.54, 1.807) is 12.1 Å². The molecule has 2 aromatic rings. The van der Waals surface area contributed by atoms with E-state index in [0.29, 0.717) is 21.6 Å². The maximum absolute atomic E-state index is 5.94. The van der Waals surface area contributed by atoms with Crippen LogP contribution in [0.3, 0.4) is 0 Å². The lowest BCUT2D eigenvalue weighted by molar-refractivity contribution is 0.435. The van der Waals surface area contributed by atoms with Gasteiger partial charge in [0.1, 0.15) is 0 Å². The van der Waals surface area contributed by atoms with E-state index in [1.165, 1.54) is 0 Å². The number of hydrogen-bond donors (Lipinski definition) is 1. The molecule has 0 bridgehead atoms. The van der Waals surface area contributed by atoms with Gasteiger partial charge in [-0.05, 0) is 24.6 Å². The predicted molar refractivity (Wildman–Crippen MR) is 65.7 cm³/mol. The number of anilines is 1. The molecule has 0 aliphatic rings. The van der Waals surface area contributed by atoms with Gasteiger partial charge in [-0.25, -0.2) is 0 Å². The molecule has 1 aromatic carbocycles. The van der Waals surface area contributed by atoms with E-state index in [0.717, 1.165) is 17.5 Å². The number of rotatable bonds is 2. The molecule has 0 aliphatic heterocycles. The van der Waals surface area contributed by atoms with Crippen LogP contribution in [0.25, 0.3) is 11.3 Å². The Bertz CT molecular complexity index is 523. The average molecular weight is 257 g/mol. The smallest absolute Gasteiger partial charge is 0.172 e. The van der Waals surface area contributed by atoms with Crippen molar-refractivity contribution in [2.75, 3.05) is 5.73 Å². The predicted octanol–water partition coefficient (Wildman–Crippen LogP) is 3.79. The molecule has 84 valence electrons. The Labute approximate surface area is 103 Å². The van der Waals surface area contributed by atoms with Gasteiger partial charge in [-0.1, -0.05) is 35.3 Å². The molecule has 1 heterocycles. The molecule has 0 aliphatic carbocycles. The van der Waals surface area contributed by atoms with E-state index in [4.69, 9.17) is 33.5 Å². The Balaban J connectivity index is 2.54. The lowest BCUT2D eigenvalue weighted by Gasteiger charge is -2.01. The molecule has 0 saturated heterocycles. The minimum absolute atomic E-state index is 0.420. The minimum atomic E-state index is 0.420. The topological polar surface area (TPSA) is 52.0 Å². The third-order valence-electron chi connectivity index (χ3n) is 2.35. The van der Waals surface area contributed by atoms with Gasteiger partial charge in [0, 0.05) is 11.1 Å². The lowest BCUT2D eigenvalue weighted by atomic mass is 10.1. The van der Waals surface area contributed by atoms with Crippen LogP contribution in [0.2, 0.25) is 10.0 Å². The number of nitrogens with two attached hydrogens (primary N) is 1. The summed E-state index contributed by atoms with van der Waals surface area (Å²) < 4.78 is 5.19. The molecule has 16 heavy (non-hydrogen) atoms. The summed E-state index contributed by atoms with van der Waals surface area (Å²) in [6.07, 6.45) is 0.755. The first-order valence-corrected chi connectivity index (χ1v) is 5.58. The first kappa shape index (κ1) is 11.3. The fourth-order valence-corrected chi connectivity index (χ4v) is 1.83. The molecule has 0 saturated carbocycles. The molecule has 0 atom stereocenters. The van der Waals surface area contributed by atoms with Crippen molar-refractivity contribution in [1.82, 2.24) is 5.16 Å². The zero-order valence-electron chi connectivity index (χ0n) is 8.63. The van der Waals surface area contributed by atoms with Crippen LogP contribution < -0.4 is 5.73 Å². The van der Waals surface area contributed by atoms with E-state index in [1.807, 2.05) is 13.0 Å². The normalized spacial score (nSPS) is 10.7. The van der Waals surface area contributed by atoms with Crippen LogP contribution in [-0.2, 0) is 6.42 Å². The van der Waals surface area contributed by atoms with Crippen molar-refractivity contribution >= 4 is 29.0 Å². The van der Waals surface area contributed by atoms with Crippen molar-refractivity contribution in [2.24, 2.45) is 0 Å². The summed E-state index contributed by atoms with van der Waals surface area (Å²) in [7, 11) is 0. The van der Waals surface area contributed by atoms with Crippen molar-refractivity contribution in [3.05, 3.63) is 33.8 Å². The zero-order chi connectivity index (χ0) is 11.7. The maximum atomic E-state index is 5.94. The third kappa shape index (κ3) is 1.88. The highest BCUT2D eigenvalue weighted by molar-refractivity contribution is 6.42. The van der Waals surface area contributed by atoms with E-state index in [-0.39, 0.29) is 0 Å².